The van der Waals surface area contributed by atoms with E-state index < -0.39 is 0 Å². The zero-order chi connectivity index (χ0) is 14.3. The second kappa shape index (κ2) is 7.81. The van der Waals surface area contributed by atoms with Crippen LogP contribution >= 0.6 is 0 Å². The molecule has 1 N–H and O–H groups in total. The molecule has 1 saturated heterocycles. The maximum Gasteiger partial charge on any atom is 0.119 e. The number of benzene rings is 1. The lowest BCUT2D eigenvalue weighted by Crippen LogP contribution is -2.54. The van der Waals surface area contributed by atoms with E-state index >= 15 is 0 Å². The first-order chi connectivity index (χ1) is 10.4. The van der Waals surface area contributed by atoms with Crippen LogP contribution in [0.1, 0.15) is 32.1 Å². The average Bonchev–Trinajstić information content (AvgIpc) is 2.57. The van der Waals surface area contributed by atoms with Gasteiger partial charge in [-0.05, 0) is 30.9 Å². The molecule has 21 heavy (non-hydrogen) atoms. The van der Waals surface area contributed by atoms with E-state index in [1.54, 1.807) is 0 Å². The van der Waals surface area contributed by atoms with Crippen LogP contribution in [0.5, 0.6) is 5.75 Å². The molecule has 0 radical (unpaired) electrons. The van der Waals surface area contributed by atoms with Gasteiger partial charge in [0.1, 0.15) is 12.4 Å². The molecule has 2 fully saturated rings. The third-order valence-corrected chi connectivity index (χ3v) is 4.93. The fraction of sp³-hybridized carbons (Fsp3) is 0.667. The first-order valence-electron chi connectivity index (χ1n) is 8.55. The molecule has 1 saturated carbocycles. The fourth-order valence-corrected chi connectivity index (χ4v) is 3.71. The summed E-state index contributed by atoms with van der Waals surface area (Å²) in [4.78, 5) is 2.57. The second-order valence-electron chi connectivity index (χ2n) is 6.42. The third kappa shape index (κ3) is 4.45. The highest BCUT2D eigenvalue weighted by atomic mass is 16.5. The first-order valence-corrected chi connectivity index (χ1v) is 8.55. The molecule has 2 aliphatic rings. The van der Waals surface area contributed by atoms with Crippen LogP contribution < -0.4 is 10.1 Å². The van der Waals surface area contributed by atoms with Crippen molar-refractivity contribution < 1.29 is 4.74 Å². The quantitative estimate of drug-likeness (QED) is 0.901. The molecule has 1 aliphatic carbocycles. The lowest BCUT2D eigenvalue weighted by Gasteiger charge is -2.39. The number of ether oxygens (including phenoxy) is 1. The Morgan fingerprint density at radius 3 is 2.71 bits per heavy atom. The Kier molecular flexibility index (Phi) is 5.53. The molecule has 1 aromatic rings. The van der Waals surface area contributed by atoms with Gasteiger partial charge in [-0.2, -0.15) is 0 Å². The molecule has 1 aromatic carbocycles. The van der Waals surface area contributed by atoms with Crippen molar-refractivity contribution in [2.45, 2.75) is 38.1 Å². The average molecular weight is 288 g/mol. The van der Waals surface area contributed by atoms with Gasteiger partial charge < -0.3 is 10.1 Å². The minimum atomic E-state index is 0.704. The van der Waals surface area contributed by atoms with Gasteiger partial charge >= 0.3 is 0 Å². The Morgan fingerprint density at radius 2 is 1.90 bits per heavy atom. The number of nitrogens with one attached hydrogen (secondary N) is 1. The maximum atomic E-state index is 5.83. The summed E-state index contributed by atoms with van der Waals surface area (Å²) in [5.74, 6) is 1.88. The van der Waals surface area contributed by atoms with E-state index in [2.05, 4.69) is 10.2 Å². The van der Waals surface area contributed by atoms with Gasteiger partial charge in [0, 0.05) is 32.2 Å². The zero-order valence-corrected chi connectivity index (χ0v) is 13.0. The van der Waals surface area contributed by atoms with Crippen LogP contribution in [0, 0.1) is 5.92 Å². The van der Waals surface area contributed by atoms with Crippen molar-refractivity contribution in [2.75, 3.05) is 32.8 Å². The fourth-order valence-electron chi connectivity index (χ4n) is 3.71. The van der Waals surface area contributed by atoms with Crippen LogP contribution in [0.4, 0.5) is 0 Å². The van der Waals surface area contributed by atoms with Crippen molar-refractivity contribution in [1.29, 1.82) is 0 Å². The summed E-state index contributed by atoms with van der Waals surface area (Å²) in [6.07, 6.45) is 7.15. The van der Waals surface area contributed by atoms with Gasteiger partial charge in [0.2, 0.25) is 0 Å². The normalized spacial score (nSPS) is 24.9. The van der Waals surface area contributed by atoms with Crippen molar-refractivity contribution in [1.82, 2.24) is 10.2 Å². The number of rotatable bonds is 5. The Morgan fingerprint density at radius 1 is 1.10 bits per heavy atom. The minimum absolute atomic E-state index is 0.704. The summed E-state index contributed by atoms with van der Waals surface area (Å²) < 4.78 is 5.83. The second-order valence-corrected chi connectivity index (χ2v) is 6.42. The van der Waals surface area contributed by atoms with E-state index in [9.17, 15) is 0 Å². The number of hydrogen-bond donors (Lipinski definition) is 1. The van der Waals surface area contributed by atoms with Crippen molar-refractivity contribution in [3.8, 4) is 5.75 Å². The van der Waals surface area contributed by atoms with E-state index in [1.807, 2.05) is 30.3 Å². The highest BCUT2D eigenvalue weighted by Gasteiger charge is 2.27. The molecule has 1 unspecified atom stereocenters. The lowest BCUT2D eigenvalue weighted by atomic mass is 9.83. The van der Waals surface area contributed by atoms with Crippen LogP contribution in [0.2, 0.25) is 0 Å². The maximum absolute atomic E-state index is 5.83. The first kappa shape index (κ1) is 14.9. The molecule has 0 spiro atoms. The van der Waals surface area contributed by atoms with Crippen molar-refractivity contribution in [2.24, 2.45) is 5.92 Å². The van der Waals surface area contributed by atoms with E-state index in [-0.39, 0.29) is 0 Å². The molecule has 3 nitrogen and oxygen atoms in total. The van der Waals surface area contributed by atoms with Gasteiger partial charge in [-0.1, -0.05) is 37.5 Å². The van der Waals surface area contributed by atoms with Gasteiger partial charge in [-0.15, -0.1) is 0 Å². The zero-order valence-electron chi connectivity index (χ0n) is 13.0. The topological polar surface area (TPSA) is 24.5 Å². The minimum Gasteiger partial charge on any atom is -0.492 e. The third-order valence-electron chi connectivity index (χ3n) is 4.93. The van der Waals surface area contributed by atoms with Crippen molar-refractivity contribution in [3.63, 3.8) is 0 Å². The predicted octanol–water partition coefficient (Wildman–Crippen LogP) is 2.92. The molecule has 1 heterocycles. The van der Waals surface area contributed by atoms with Crippen LogP contribution in [-0.4, -0.2) is 43.7 Å². The summed E-state index contributed by atoms with van der Waals surface area (Å²) in [6.45, 7) is 5.32. The van der Waals surface area contributed by atoms with E-state index in [0.29, 0.717) is 6.04 Å². The number of hydrogen-bond acceptors (Lipinski definition) is 3. The van der Waals surface area contributed by atoms with E-state index in [1.165, 1.54) is 38.6 Å². The van der Waals surface area contributed by atoms with Crippen LogP contribution in [-0.2, 0) is 0 Å². The van der Waals surface area contributed by atoms with Crippen LogP contribution in [0.15, 0.2) is 30.3 Å². The molecule has 1 aliphatic heterocycles. The summed E-state index contributed by atoms with van der Waals surface area (Å²) >= 11 is 0. The van der Waals surface area contributed by atoms with Gasteiger partial charge in [0.15, 0.2) is 0 Å². The Balaban J connectivity index is 1.41. The smallest absolute Gasteiger partial charge is 0.119 e. The molecule has 0 aromatic heterocycles. The number of nitrogens with zero attached hydrogens (tertiary/aromatic N) is 1. The van der Waals surface area contributed by atoms with Gasteiger partial charge in [0.25, 0.3) is 0 Å². The monoisotopic (exact) mass is 288 g/mol. The largest absolute Gasteiger partial charge is 0.492 e. The van der Waals surface area contributed by atoms with Gasteiger partial charge in [-0.3, -0.25) is 4.90 Å². The summed E-state index contributed by atoms with van der Waals surface area (Å²) in [7, 11) is 0. The summed E-state index contributed by atoms with van der Waals surface area (Å²) in [5, 5.41) is 3.74. The Labute approximate surface area is 128 Å². The summed E-state index contributed by atoms with van der Waals surface area (Å²) in [6, 6.07) is 10.8. The molecule has 1 atom stereocenters. The summed E-state index contributed by atoms with van der Waals surface area (Å²) in [5.41, 5.74) is 0. The number of para-hydroxylation sites is 1. The van der Waals surface area contributed by atoms with Crippen LogP contribution in [0.25, 0.3) is 0 Å². The van der Waals surface area contributed by atoms with Gasteiger partial charge in [-0.25, -0.2) is 0 Å². The van der Waals surface area contributed by atoms with Gasteiger partial charge in [0.05, 0.1) is 0 Å². The molecule has 116 valence electrons. The molecule has 0 bridgehead atoms. The van der Waals surface area contributed by atoms with Crippen molar-refractivity contribution >= 4 is 0 Å². The van der Waals surface area contributed by atoms with E-state index in [0.717, 1.165) is 37.9 Å². The molecule has 3 rings (SSSR count). The Bertz CT molecular complexity index is 403. The molecular weight excluding hydrogens is 260 g/mol. The SMILES string of the molecule is c1ccc(OCCN2CCNC(C3CCCCC3)C2)cc1. The molecule has 0 amide bonds. The highest BCUT2D eigenvalue weighted by molar-refractivity contribution is 5.20. The number of piperazine rings is 1. The molecule has 3 heteroatoms. The lowest BCUT2D eigenvalue weighted by molar-refractivity contribution is 0.129. The standard InChI is InChI=1S/C18H28N2O/c1-3-7-16(8-4-1)18-15-20(12-11-19-18)13-14-21-17-9-5-2-6-10-17/h2,5-6,9-10,16,18-19H,1,3-4,7-8,11-15H2. The predicted molar refractivity (Wildman–Crippen MR) is 86.7 cm³/mol. The van der Waals surface area contributed by atoms with Crippen LogP contribution in [0.3, 0.4) is 0 Å². The molecular formula is C18H28N2O. The van der Waals surface area contributed by atoms with Crippen molar-refractivity contribution in [3.05, 3.63) is 30.3 Å². The van der Waals surface area contributed by atoms with E-state index in [4.69, 9.17) is 4.74 Å². The Hall–Kier alpha value is -1.06. The highest BCUT2D eigenvalue weighted by Crippen LogP contribution is 2.27.